The number of alkyl halides is 3. The third kappa shape index (κ3) is 4.03. The zero-order valence-corrected chi connectivity index (χ0v) is 16.5. The molecule has 0 bridgehead atoms. The Morgan fingerprint density at radius 3 is 2.40 bits per heavy atom. The van der Waals surface area contributed by atoms with Crippen LogP contribution in [-0.4, -0.2) is 58.5 Å². The summed E-state index contributed by atoms with van der Waals surface area (Å²) in [6.45, 7) is 4.82. The van der Waals surface area contributed by atoms with Crippen LogP contribution in [0.4, 0.5) is 19.1 Å². The second kappa shape index (κ2) is 8.08. The molecule has 1 amide bonds. The van der Waals surface area contributed by atoms with Gasteiger partial charge in [-0.1, -0.05) is 6.92 Å². The van der Waals surface area contributed by atoms with Crippen molar-refractivity contribution < 1.29 is 22.7 Å². The van der Waals surface area contributed by atoms with Gasteiger partial charge in [0.05, 0.1) is 12.2 Å². The van der Waals surface area contributed by atoms with E-state index in [9.17, 15) is 18.0 Å². The summed E-state index contributed by atoms with van der Waals surface area (Å²) in [5.74, 6) is 1.04. The number of likely N-dealkylation sites (tertiary alicyclic amines) is 1. The zero-order chi connectivity index (χ0) is 21.3. The van der Waals surface area contributed by atoms with Crippen LogP contribution in [0.3, 0.4) is 0 Å². The van der Waals surface area contributed by atoms with Crippen LogP contribution < -0.4 is 9.64 Å². The average Bonchev–Trinajstić information content (AvgIpc) is 3.31. The molecule has 0 aromatic carbocycles. The third-order valence-electron chi connectivity index (χ3n) is 5.46. The van der Waals surface area contributed by atoms with Crippen LogP contribution in [0, 0.1) is 11.8 Å². The van der Waals surface area contributed by atoms with Gasteiger partial charge in [-0.15, -0.1) is 0 Å². The number of ether oxygens (including phenoxy) is 1. The molecule has 2 aliphatic rings. The number of anilines is 1. The molecule has 2 fully saturated rings. The lowest BCUT2D eigenvalue weighted by Crippen LogP contribution is -2.34. The van der Waals surface area contributed by atoms with Crippen molar-refractivity contribution in [2.75, 3.05) is 37.7 Å². The monoisotopic (exact) mass is 421 g/mol. The molecule has 4 heterocycles. The molecule has 2 aliphatic heterocycles. The van der Waals surface area contributed by atoms with Crippen LogP contribution in [0.25, 0.3) is 0 Å². The maximum atomic E-state index is 13.0. The van der Waals surface area contributed by atoms with Crippen molar-refractivity contribution in [3.8, 4) is 5.75 Å². The van der Waals surface area contributed by atoms with E-state index in [0.717, 1.165) is 18.8 Å². The molecule has 0 saturated carbocycles. The SMILES string of the molecule is CCCOc1cccnc1C(=O)N1CC2CN(c3ncc(C(F)(F)F)cn3)CC2C1. The molecule has 0 spiro atoms. The Balaban J connectivity index is 1.40. The van der Waals surface area contributed by atoms with Gasteiger partial charge < -0.3 is 14.5 Å². The van der Waals surface area contributed by atoms with Gasteiger partial charge in [0, 0.05) is 56.6 Å². The first kappa shape index (κ1) is 20.4. The summed E-state index contributed by atoms with van der Waals surface area (Å²) in [7, 11) is 0. The van der Waals surface area contributed by atoms with Crippen molar-refractivity contribution in [2.45, 2.75) is 19.5 Å². The van der Waals surface area contributed by atoms with E-state index in [2.05, 4.69) is 15.0 Å². The highest BCUT2D eigenvalue weighted by atomic mass is 19.4. The Morgan fingerprint density at radius 1 is 1.13 bits per heavy atom. The Bertz CT molecular complexity index is 892. The van der Waals surface area contributed by atoms with E-state index in [1.54, 1.807) is 23.2 Å². The van der Waals surface area contributed by atoms with E-state index in [0.29, 0.717) is 44.2 Å². The van der Waals surface area contributed by atoms with Crippen LogP contribution in [0.2, 0.25) is 0 Å². The molecular weight excluding hydrogens is 399 g/mol. The van der Waals surface area contributed by atoms with Crippen LogP contribution in [0.15, 0.2) is 30.7 Å². The highest BCUT2D eigenvalue weighted by Gasteiger charge is 2.43. The lowest BCUT2D eigenvalue weighted by atomic mass is 10.0. The van der Waals surface area contributed by atoms with Crippen LogP contribution in [0.5, 0.6) is 5.75 Å². The van der Waals surface area contributed by atoms with E-state index in [4.69, 9.17) is 4.74 Å². The zero-order valence-electron chi connectivity index (χ0n) is 16.5. The summed E-state index contributed by atoms with van der Waals surface area (Å²) in [4.78, 5) is 28.6. The number of rotatable bonds is 5. The number of carbonyl (C=O) groups excluding carboxylic acids is 1. The van der Waals surface area contributed by atoms with Crippen molar-refractivity contribution >= 4 is 11.9 Å². The minimum atomic E-state index is -4.45. The molecule has 2 atom stereocenters. The van der Waals surface area contributed by atoms with E-state index in [1.807, 2.05) is 11.8 Å². The first-order chi connectivity index (χ1) is 14.4. The smallest absolute Gasteiger partial charge is 0.419 e. The maximum Gasteiger partial charge on any atom is 0.419 e. The summed E-state index contributed by atoms with van der Waals surface area (Å²) >= 11 is 0. The summed E-state index contributed by atoms with van der Waals surface area (Å²) < 4.78 is 43.7. The summed E-state index contributed by atoms with van der Waals surface area (Å²) in [6.07, 6.45) is -0.423. The van der Waals surface area contributed by atoms with Gasteiger partial charge in [-0.05, 0) is 18.6 Å². The highest BCUT2D eigenvalue weighted by Crippen LogP contribution is 2.35. The fourth-order valence-electron chi connectivity index (χ4n) is 3.98. The maximum absolute atomic E-state index is 13.0. The summed E-state index contributed by atoms with van der Waals surface area (Å²) in [5, 5.41) is 0. The molecule has 2 saturated heterocycles. The molecule has 4 rings (SSSR count). The van der Waals surface area contributed by atoms with Crippen molar-refractivity contribution in [1.29, 1.82) is 0 Å². The van der Waals surface area contributed by atoms with Gasteiger partial charge in [0.2, 0.25) is 5.95 Å². The number of pyridine rings is 1. The number of hydrogen-bond donors (Lipinski definition) is 0. The predicted octanol–water partition coefficient (Wildman–Crippen LogP) is 2.89. The summed E-state index contributed by atoms with van der Waals surface area (Å²) in [6, 6.07) is 3.49. The first-order valence-electron chi connectivity index (χ1n) is 9.88. The number of carbonyl (C=O) groups is 1. The normalized spacial score (nSPS) is 21.1. The van der Waals surface area contributed by atoms with E-state index < -0.39 is 11.7 Å². The lowest BCUT2D eigenvalue weighted by Gasteiger charge is -2.22. The number of halogens is 3. The molecule has 160 valence electrons. The standard InChI is InChI=1S/C20H22F3N5O2/c1-2-6-30-16-4-3-5-24-17(16)18(29)27-9-13-11-28(12-14(13)10-27)19-25-7-15(8-26-19)20(21,22)23/h3-5,7-8,13-14H,2,6,9-12H2,1H3. The Kier molecular flexibility index (Phi) is 5.48. The molecule has 2 unspecified atom stereocenters. The number of amides is 1. The van der Waals surface area contributed by atoms with E-state index >= 15 is 0 Å². The second-order valence-corrected chi connectivity index (χ2v) is 7.60. The molecule has 2 aromatic heterocycles. The van der Waals surface area contributed by atoms with Gasteiger partial charge in [-0.3, -0.25) is 4.79 Å². The van der Waals surface area contributed by atoms with Gasteiger partial charge in [0.15, 0.2) is 11.4 Å². The highest BCUT2D eigenvalue weighted by molar-refractivity contribution is 5.95. The quantitative estimate of drug-likeness (QED) is 0.740. The molecule has 0 aliphatic carbocycles. The molecule has 7 nitrogen and oxygen atoms in total. The Labute approximate surface area is 171 Å². The lowest BCUT2D eigenvalue weighted by molar-refractivity contribution is -0.138. The van der Waals surface area contributed by atoms with E-state index in [1.165, 1.54) is 0 Å². The number of fused-ring (bicyclic) bond motifs is 1. The number of nitrogens with zero attached hydrogens (tertiary/aromatic N) is 5. The average molecular weight is 421 g/mol. The largest absolute Gasteiger partial charge is 0.491 e. The minimum absolute atomic E-state index is 0.159. The molecule has 0 N–H and O–H groups in total. The topological polar surface area (TPSA) is 71.5 Å². The molecule has 2 aromatic rings. The van der Waals surface area contributed by atoms with Crippen LogP contribution >= 0.6 is 0 Å². The van der Waals surface area contributed by atoms with Gasteiger partial charge in [0.1, 0.15) is 0 Å². The molecule has 0 radical (unpaired) electrons. The van der Waals surface area contributed by atoms with Gasteiger partial charge in [-0.2, -0.15) is 13.2 Å². The van der Waals surface area contributed by atoms with Gasteiger partial charge in [-0.25, -0.2) is 15.0 Å². The number of aromatic nitrogens is 3. The fourth-order valence-corrected chi connectivity index (χ4v) is 3.98. The van der Waals surface area contributed by atoms with Crippen molar-refractivity contribution in [3.63, 3.8) is 0 Å². The van der Waals surface area contributed by atoms with Gasteiger partial charge in [0.25, 0.3) is 5.91 Å². The predicted molar refractivity (Wildman–Crippen MR) is 102 cm³/mol. The fraction of sp³-hybridized carbons (Fsp3) is 0.500. The first-order valence-corrected chi connectivity index (χ1v) is 9.88. The van der Waals surface area contributed by atoms with Gasteiger partial charge >= 0.3 is 6.18 Å². The minimum Gasteiger partial charge on any atom is -0.491 e. The second-order valence-electron chi connectivity index (χ2n) is 7.60. The number of hydrogen-bond acceptors (Lipinski definition) is 6. The molecule has 10 heteroatoms. The van der Waals surface area contributed by atoms with Crippen LogP contribution in [0.1, 0.15) is 29.4 Å². The van der Waals surface area contributed by atoms with Crippen molar-refractivity contribution in [3.05, 3.63) is 42.0 Å². The third-order valence-corrected chi connectivity index (χ3v) is 5.46. The molecule has 30 heavy (non-hydrogen) atoms. The Morgan fingerprint density at radius 2 is 1.80 bits per heavy atom. The Hall–Kier alpha value is -2.91. The van der Waals surface area contributed by atoms with Crippen molar-refractivity contribution in [1.82, 2.24) is 19.9 Å². The van der Waals surface area contributed by atoms with Crippen LogP contribution in [-0.2, 0) is 6.18 Å². The van der Waals surface area contributed by atoms with E-state index in [-0.39, 0.29) is 23.7 Å². The van der Waals surface area contributed by atoms with Crippen molar-refractivity contribution in [2.24, 2.45) is 11.8 Å². The molecular formula is C20H22F3N5O2. The summed E-state index contributed by atoms with van der Waals surface area (Å²) in [5.41, 5.74) is -0.548.